The third-order valence-electron chi connectivity index (χ3n) is 2.82. The van der Waals surface area contributed by atoms with Crippen molar-refractivity contribution in [3.05, 3.63) is 30.3 Å². The van der Waals surface area contributed by atoms with Gasteiger partial charge in [0.15, 0.2) is 0 Å². The molecule has 0 aliphatic carbocycles. The van der Waals surface area contributed by atoms with Gasteiger partial charge in [-0.1, -0.05) is 18.2 Å². The lowest BCUT2D eigenvalue weighted by atomic mass is 10.1. The number of ether oxygens (including phenoxy) is 3. The van der Waals surface area contributed by atoms with E-state index in [4.69, 9.17) is 14.2 Å². The highest BCUT2D eigenvalue weighted by Crippen LogP contribution is 2.09. The topological polar surface area (TPSA) is 56.8 Å². The minimum atomic E-state index is -0.832. The predicted molar refractivity (Wildman–Crippen MR) is 72.2 cm³/mol. The van der Waals surface area contributed by atoms with Crippen LogP contribution in [0.4, 0.5) is 0 Å². The first-order valence-electron chi connectivity index (χ1n) is 6.15. The van der Waals surface area contributed by atoms with E-state index >= 15 is 0 Å². The van der Waals surface area contributed by atoms with E-state index in [1.165, 1.54) is 7.11 Å². The fraction of sp³-hybridized carbons (Fsp3) is 0.500. The SMILES string of the molecule is CNC(C)(COCCOc1ccccc1)C(=O)OC. The Bertz CT molecular complexity index is 382. The smallest absolute Gasteiger partial charge is 0.328 e. The molecule has 0 saturated carbocycles. The summed E-state index contributed by atoms with van der Waals surface area (Å²) in [7, 11) is 3.05. The number of nitrogens with one attached hydrogen (secondary N) is 1. The Kier molecular flexibility index (Phi) is 6.32. The van der Waals surface area contributed by atoms with Crippen LogP contribution in [0.15, 0.2) is 30.3 Å². The number of carbonyl (C=O) groups is 1. The van der Waals surface area contributed by atoms with Gasteiger partial charge in [-0.15, -0.1) is 0 Å². The molecular formula is C14H21NO4. The molecule has 1 rings (SSSR count). The van der Waals surface area contributed by atoms with E-state index in [1.54, 1.807) is 14.0 Å². The van der Waals surface area contributed by atoms with Crippen molar-refractivity contribution in [3.8, 4) is 5.75 Å². The van der Waals surface area contributed by atoms with Crippen LogP contribution in [0.3, 0.4) is 0 Å². The van der Waals surface area contributed by atoms with Crippen molar-refractivity contribution in [2.75, 3.05) is 34.0 Å². The summed E-state index contributed by atoms with van der Waals surface area (Å²) in [6, 6.07) is 9.51. The van der Waals surface area contributed by atoms with Crippen molar-refractivity contribution in [2.45, 2.75) is 12.5 Å². The molecule has 1 unspecified atom stereocenters. The van der Waals surface area contributed by atoms with Gasteiger partial charge in [0.25, 0.3) is 0 Å². The van der Waals surface area contributed by atoms with E-state index in [2.05, 4.69) is 5.32 Å². The summed E-state index contributed by atoms with van der Waals surface area (Å²) in [5.74, 6) is 0.453. The number of rotatable bonds is 8. The number of methoxy groups -OCH3 is 1. The first-order valence-corrected chi connectivity index (χ1v) is 6.15. The number of hydrogen-bond acceptors (Lipinski definition) is 5. The monoisotopic (exact) mass is 267 g/mol. The van der Waals surface area contributed by atoms with Gasteiger partial charge in [-0.05, 0) is 26.1 Å². The molecule has 0 amide bonds. The Hall–Kier alpha value is -1.59. The molecule has 0 bridgehead atoms. The van der Waals surface area contributed by atoms with Gasteiger partial charge in [0, 0.05) is 0 Å². The Morgan fingerprint density at radius 3 is 2.53 bits per heavy atom. The van der Waals surface area contributed by atoms with Gasteiger partial charge in [0.2, 0.25) is 0 Å². The average molecular weight is 267 g/mol. The van der Waals surface area contributed by atoms with Gasteiger partial charge in [0.05, 0.1) is 20.3 Å². The molecule has 0 heterocycles. The number of carbonyl (C=O) groups excluding carboxylic acids is 1. The first kappa shape index (κ1) is 15.5. The summed E-state index contributed by atoms with van der Waals surface area (Å²) in [6.45, 7) is 2.80. The van der Waals surface area contributed by atoms with Crippen LogP contribution in [0.1, 0.15) is 6.92 Å². The molecule has 0 aliphatic heterocycles. The van der Waals surface area contributed by atoms with Gasteiger partial charge in [-0.2, -0.15) is 0 Å². The van der Waals surface area contributed by atoms with Crippen molar-refractivity contribution in [3.63, 3.8) is 0 Å². The molecule has 1 N–H and O–H groups in total. The molecule has 1 atom stereocenters. The van der Waals surface area contributed by atoms with Crippen LogP contribution in [0.5, 0.6) is 5.75 Å². The van der Waals surface area contributed by atoms with Gasteiger partial charge >= 0.3 is 5.97 Å². The Balaban J connectivity index is 2.25. The van der Waals surface area contributed by atoms with Crippen LogP contribution < -0.4 is 10.1 Å². The largest absolute Gasteiger partial charge is 0.491 e. The molecule has 5 heteroatoms. The van der Waals surface area contributed by atoms with E-state index in [9.17, 15) is 4.79 Å². The zero-order valence-corrected chi connectivity index (χ0v) is 11.6. The van der Waals surface area contributed by atoms with Crippen LogP contribution in [0, 0.1) is 0 Å². The summed E-state index contributed by atoms with van der Waals surface area (Å²) < 4.78 is 15.6. The number of para-hydroxylation sites is 1. The number of benzene rings is 1. The van der Waals surface area contributed by atoms with Crippen molar-refractivity contribution in [1.82, 2.24) is 5.32 Å². The summed E-state index contributed by atoms with van der Waals surface area (Å²) in [5, 5.41) is 2.90. The molecule has 1 aromatic carbocycles. The average Bonchev–Trinajstić information content (AvgIpc) is 2.46. The number of hydrogen-bond donors (Lipinski definition) is 1. The number of likely N-dealkylation sites (N-methyl/N-ethyl adjacent to an activating group) is 1. The fourth-order valence-corrected chi connectivity index (χ4v) is 1.47. The Labute approximate surface area is 113 Å². The zero-order chi connectivity index (χ0) is 14.1. The van der Waals surface area contributed by atoms with E-state index in [1.807, 2.05) is 30.3 Å². The molecule has 1 aromatic rings. The van der Waals surface area contributed by atoms with Crippen LogP contribution in [-0.4, -0.2) is 45.5 Å². The van der Waals surface area contributed by atoms with E-state index in [0.717, 1.165) is 5.75 Å². The van der Waals surface area contributed by atoms with Crippen LogP contribution >= 0.6 is 0 Å². The molecular weight excluding hydrogens is 246 g/mol. The second-order valence-corrected chi connectivity index (χ2v) is 4.29. The van der Waals surface area contributed by atoms with E-state index < -0.39 is 5.54 Å². The standard InChI is InChI=1S/C14H21NO4/c1-14(15-2,13(16)17-3)11-18-9-10-19-12-7-5-4-6-8-12/h4-8,15H,9-11H2,1-3H3. The quantitative estimate of drug-likeness (QED) is 0.567. The first-order chi connectivity index (χ1) is 9.12. The van der Waals surface area contributed by atoms with Crippen molar-refractivity contribution >= 4 is 5.97 Å². The molecule has 19 heavy (non-hydrogen) atoms. The van der Waals surface area contributed by atoms with Crippen LogP contribution in [0.25, 0.3) is 0 Å². The summed E-state index contributed by atoms with van der Waals surface area (Å²) in [6.07, 6.45) is 0. The lowest BCUT2D eigenvalue weighted by Crippen LogP contribution is -2.52. The molecule has 0 spiro atoms. The van der Waals surface area contributed by atoms with E-state index in [0.29, 0.717) is 13.2 Å². The Morgan fingerprint density at radius 1 is 1.26 bits per heavy atom. The third kappa shape index (κ3) is 4.89. The summed E-state index contributed by atoms with van der Waals surface area (Å²) in [4.78, 5) is 11.6. The summed E-state index contributed by atoms with van der Waals surface area (Å²) in [5.41, 5.74) is -0.832. The molecule has 0 aliphatic rings. The maximum atomic E-state index is 11.6. The van der Waals surface area contributed by atoms with Crippen LogP contribution in [0.2, 0.25) is 0 Å². The second kappa shape index (κ2) is 7.76. The number of esters is 1. The molecule has 5 nitrogen and oxygen atoms in total. The maximum absolute atomic E-state index is 11.6. The Morgan fingerprint density at radius 2 is 1.95 bits per heavy atom. The predicted octanol–water partition coefficient (Wildman–Crippen LogP) is 1.23. The highest BCUT2D eigenvalue weighted by molar-refractivity contribution is 5.80. The second-order valence-electron chi connectivity index (χ2n) is 4.29. The molecule has 0 saturated heterocycles. The van der Waals surface area contributed by atoms with Gasteiger partial charge < -0.3 is 19.5 Å². The van der Waals surface area contributed by atoms with Crippen molar-refractivity contribution in [2.24, 2.45) is 0 Å². The maximum Gasteiger partial charge on any atom is 0.328 e. The molecule has 106 valence electrons. The van der Waals surface area contributed by atoms with Crippen molar-refractivity contribution in [1.29, 1.82) is 0 Å². The zero-order valence-electron chi connectivity index (χ0n) is 11.6. The fourth-order valence-electron chi connectivity index (χ4n) is 1.47. The molecule has 0 fully saturated rings. The normalized spacial score (nSPS) is 13.6. The lowest BCUT2D eigenvalue weighted by Gasteiger charge is -2.25. The van der Waals surface area contributed by atoms with Gasteiger partial charge in [-0.3, -0.25) is 0 Å². The summed E-state index contributed by atoms with van der Waals surface area (Å²) >= 11 is 0. The minimum absolute atomic E-state index is 0.230. The molecule has 0 aromatic heterocycles. The lowest BCUT2D eigenvalue weighted by molar-refractivity contribution is -0.150. The third-order valence-corrected chi connectivity index (χ3v) is 2.82. The van der Waals surface area contributed by atoms with Crippen molar-refractivity contribution < 1.29 is 19.0 Å². The highest BCUT2D eigenvalue weighted by Gasteiger charge is 2.32. The molecule has 0 radical (unpaired) electrons. The van der Waals surface area contributed by atoms with Gasteiger partial charge in [0.1, 0.15) is 17.9 Å². The van der Waals surface area contributed by atoms with Gasteiger partial charge in [-0.25, -0.2) is 4.79 Å². The van der Waals surface area contributed by atoms with Crippen LogP contribution in [-0.2, 0) is 14.3 Å². The highest BCUT2D eigenvalue weighted by atomic mass is 16.5. The minimum Gasteiger partial charge on any atom is -0.491 e. The van der Waals surface area contributed by atoms with E-state index in [-0.39, 0.29) is 12.6 Å².